The molecule has 3 rings (SSSR count). The standard InChI is InChI=1S/C13H17N3O3S2/c14-9-12-1-2-13(20-12)21(17,18)16-4-3-11(10-16)15-5-7-19-8-6-15/h1-2,11H,3-8,10H2. The molecule has 0 aliphatic carbocycles. The Morgan fingerprint density at radius 3 is 2.71 bits per heavy atom. The maximum atomic E-state index is 12.6. The van der Waals surface area contributed by atoms with E-state index in [2.05, 4.69) is 4.90 Å². The van der Waals surface area contributed by atoms with Gasteiger partial charge in [0.1, 0.15) is 15.2 Å². The number of sulfonamides is 1. The molecule has 21 heavy (non-hydrogen) atoms. The van der Waals surface area contributed by atoms with Gasteiger partial charge >= 0.3 is 0 Å². The zero-order valence-corrected chi connectivity index (χ0v) is 13.2. The summed E-state index contributed by atoms with van der Waals surface area (Å²) >= 11 is 1.04. The number of morpholine rings is 1. The Morgan fingerprint density at radius 1 is 1.29 bits per heavy atom. The van der Waals surface area contributed by atoms with E-state index in [1.54, 1.807) is 10.4 Å². The van der Waals surface area contributed by atoms with Gasteiger partial charge in [-0.25, -0.2) is 8.42 Å². The summed E-state index contributed by atoms with van der Waals surface area (Å²) in [4.78, 5) is 2.74. The Hall–Kier alpha value is -0.980. The van der Waals surface area contributed by atoms with Gasteiger partial charge in [0.05, 0.1) is 13.2 Å². The average Bonchev–Trinajstić information content (AvgIpc) is 3.18. The first-order valence-electron chi connectivity index (χ1n) is 6.93. The largest absolute Gasteiger partial charge is 0.379 e. The molecule has 3 heterocycles. The molecule has 0 saturated carbocycles. The predicted octanol–water partition coefficient (Wildman–Crippen LogP) is 0.715. The van der Waals surface area contributed by atoms with Crippen molar-refractivity contribution in [1.82, 2.24) is 9.21 Å². The number of nitriles is 1. The summed E-state index contributed by atoms with van der Waals surface area (Å²) in [6.07, 6.45) is 0.857. The van der Waals surface area contributed by atoms with Crippen molar-refractivity contribution in [3.8, 4) is 6.07 Å². The van der Waals surface area contributed by atoms with E-state index in [1.807, 2.05) is 6.07 Å². The zero-order valence-electron chi connectivity index (χ0n) is 11.6. The molecular weight excluding hydrogens is 310 g/mol. The highest BCUT2D eigenvalue weighted by Gasteiger charge is 2.36. The number of hydrogen-bond donors (Lipinski definition) is 0. The van der Waals surface area contributed by atoms with Crippen molar-refractivity contribution in [1.29, 1.82) is 5.26 Å². The van der Waals surface area contributed by atoms with E-state index in [9.17, 15) is 8.42 Å². The van der Waals surface area contributed by atoms with Crippen LogP contribution >= 0.6 is 11.3 Å². The molecule has 1 aromatic rings. The summed E-state index contributed by atoms with van der Waals surface area (Å²) in [7, 11) is -3.46. The van der Waals surface area contributed by atoms with Gasteiger partial charge in [0.15, 0.2) is 0 Å². The van der Waals surface area contributed by atoms with E-state index in [1.165, 1.54) is 6.07 Å². The SMILES string of the molecule is N#Cc1ccc(S(=O)(=O)N2CCC(N3CCOCC3)C2)s1. The van der Waals surface area contributed by atoms with E-state index in [4.69, 9.17) is 10.00 Å². The summed E-state index contributed by atoms with van der Waals surface area (Å²) < 4.78 is 32.3. The van der Waals surface area contributed by atoms with Gasteiger partial charge in [-0.05, 0) is 18.6 Å². The number of hydrogen-bond acceptors (Lipinski definition) is 6. The van der Waals surface area contributed by atoms with Crippen LogP contribution in [0.25, 0.3) is 0 Å². The molecule has 2 aliphatic rings. The van der Waals surface area contributed by atoms with Gasteiger partial charge in [0.25, 0.3) is 10.0 Å². The average molecular weight is 327 g/mol. The highest BCUT2D eigenvalue weighted by Crippen LogP contribution is 2.28. The van der Waals surface area contributed by atoms with E-state index in [0.29, 0.717) is 18.0 Å². The lowest BCUT2D eigenvalue weighted by atomic mass is 10.2. The van der Waals surface area contributed by atoms with Crippen molar-refractivity contribution in [2.24, 2.45) is 0 Å². The first-order valence-corrected chi connectivity index (χ1v) is 9.19. The molecule has 0 radical (unpaired) electrons. The van der Waals surface area contributed by atoms with Gasteiger partial charge in [0, 0.05) is 32.2 Å². The minimum absolute atomic E-state index is 0.265. The molecule has 6 nitrogen and oxygen atoms in total. The highest BCUT2D eigenvalue weighted by molar-refractivity contribution is 7.91. The molecule has 2 fully saturated rings. The zero-order chi connectivity index (χ0) is 14.9. The smallest absolute Gasteiger partial charge is 0.252 e. The van der Waals surface area contributed by atoms with Crippen LogP contribution in [0.3, 0.4) is 0 Å². The van der Waals surface area contributed by atoms with Crippen LogP contribution in [0.4, 0.5) is 0 Å². The molecule has 114 valence electrons. The second kappa shape index (κ2) is 6.02. The van der Waals surface area contributed by atoms with E-state index in [-0.39, 0.29) is 10.3 Å². The molecule has 2 aliphatic heterocycles. The molecule has 8 heteroatoms. The van der Waals surface area contributed by atoms with E-state index < -0.39 is 10.0 Å². The van der Waals surface area contributed by atoms with Gasteiger partial charge in [0.2, 0.25) is 0 Å². The minimum atomic E-state index is -3.46. The second-order valence-corrected chi connectivity index (χ2v) is 8.43. The highest BCUT2D eigenvalue weighted by atomic mass is 32.2. The number of thiophene rings is 1. The molecule has 0 amide bonds. The summed E-state index contributed by atoms with van der Waals surface area (Å²) in [6.45, 7) is 4.26. The molecule has 1 atom stereocenters. The van der Waals surface area contributed by atoms with Crippen molar-refractivity contribution in [3.63, 3.8) is 0 Å². The van der Waals surface area contributed by atoms with Crippen molar-refractivity contribution in [2.75, 3.05) is 39.4 Å². The number of rotatable bonds is 3. The first kappa shape index (κ1) is 14.9. The van der Waals surface area contributed by atoms with E-state index in [0.717, 1.165) is 44.1 Å². The lowest BCUT2D eigenvalue weighted by Crippen LogP contribution is -2.45. The minimum Gasteiger partial charge on any atom is -0.379 e. The van der Waals surface area contributed by atoms with Crippen LogP contribution in [-0.4, -0.2) is 63.1 Å². The third-order valence-corrected chi connectivity index (χ3v) is 7.30. The molecule has 1 aromatic heterocycles. The lowest BCUT2D eigenvalue weighted by molar-refractivity contribution is 0.0197. The molecular formula is C13H17N3O3S2. The molecule has 0 aromatic carbocycles. The Bertz CT molecular complexity index is 644. The lowest BCUT2D eigenvalue weighted by Gasteiger charge is -2.31. The van der Waals surface area contributed by atoms with Gasteiger partial charge in [-0.2, -0.15) is 9.57 Å². The fourth-order valence-corrected chi connectivity index (χ4v) is 5.57. The van der Waals surface area contributed by atoms with Crippen LogP contribution in [-0.2, 0) is 14.8 Å². The molecule has 0 spiro atoms. The molecule has 1 unspecified atom stereocenters. The van der Waals surface area contributed by atoms with Crippen LogP contribution in [0.5, 0.6) is 0 Å². The monoisotopic (exact) mass is 327 g/mol. The Balaban J connectivity index is 1.71. The Kier molecular flexibility index (Phi) is 4.28. The fraction of sp³-hybridized carbons (Fsp3) is 0.615. The van der Waals surface area contributed by atoms with Crippen LogP contribution in [0.1, 0.15) is 11.3 Å². The van der Waals surface area contributed by atoms with Crippen LogP contribution in [0.15, 0.2) is 16.3 Å². The number of ether oxygens (including phenoxy) is 1. The number of nitrogens with zero attached hydrogens (tertiary/aromatic N) is 3. The van der Waals surface area contributed by atoms with Crippen molar-refractivity contribution < 1.29 is 13.2 Å². The summed E-state index contributed by atoms with van der Waals surface area (Å²) in [5.41, 5.74) is 0. The third-order valence-electron chi connectivity index (χ3n) is 3.97. The first-order chi connectivity index (χ1) is 10.1. The molecule has 0 bridgehead atoms. The maximum Gasteiger partial charge on any atom is 0.252 e. The molecule has 0 N–H and O–H groups in total. The summed E-state index contributed by atoms with van der Waals surface area (Å²) in [6, 6.07) is 5.35. The van der Waals surface area contributed by atoms with Crippen LogP contribution in [0, 0.1) is 11.3 Å². The predicted molar refractivity (Wildman–Crippen MR) is 78.6 cm³/mol. The van der Waals surface area contributed by atoms with Crippen molar-refractivity contribution >= 4 is 21.4 Å². The topological polar surface area (TPSA) is 73.6 Å². The maximum absolute atomic E-state index is 12.6. The third kappa shape index (κ3) is 2.98. The molecule has 2 saturated heterocycles. The van der Waals surface area contributed by atoms with Crippen molar-refractivity contribution in [3.05, 3.63) is 17.0 Å². The van der Waals surface area contributed by atoms with Gasteiger partial charge in [-0.3, -0.25) is 4.90 Å². The van der Waals surface area contributed by atoms with Crippen LogP contribution < -0.4 is 0 Å². The normalized spacial score (nSPS) is 25.0. The summed E-state index contributed by atoms with van der Waals surface area (Å²) in [5, 5.41) is 8.83. The quantitative estimate of drug-likeness (QED) is 0.818. The van der Waals surface area contributed by atoms with Gasteiger partial charge in [-0.1, -0.05) is 0 Å². The Morgan fingerprint density at radius 2 is 2.05 bits per heavy atom. The Labute approximate surface area is 128 Å². The van der Waals surface area contributed by atoms with Gasteiger partial charge < -0.3 is 4.74 Å². The summed E-state index contributed by atoms with van der Waals surface area (Å²) in [5.74, 6) is 0. The van der Waals surface area contributed by atoms with Crippen LogP contribution in [0.2, 0.25) is 0 Å². The van der Waals surface area contributed by atoms with E-state index >= 15 is 0 Å². The second-order valence-electron chi connectivity index (χ2n) is 5.18. The van der Waals surface area contributed by atoms with Gasteiger partial charge in [-0.15, -0.1) is 11.3 Å². The fourth-order valence-electron chi connectivity index (χ4n) is 2.82. The van der Waals surface area contributed by atoms with Crippen molar-refractivity contribution in [2.45, 2.75) is 16.7 Å².